The molecule has 5 rings (SSSR count). The van der Waals surface area contributed by atoms with Crippen LogP contribution in [0.15, 0.2) is 46.2 Å². The first-order chi connectivity index (χ1) is 14.2. The topological polar surface area (TPSA) is 44.0 Å². The van der Waals surface area contributed by atoms with Gasteiger partial charge in [-0.3, -0.25) is 4.90 Å². The minimum absolute atomic E-state index is 0.478. The summed E-state index contributed by atoms with van der Waals surface area (Å²) in [6.07, 6.45) is 5.74. The van der Waals surface area contributed by atoms with Gasteiger partial charge in [-0.15, -0.1) is 11.3 Å². The number of hydrogen-bond donors (Lipinski definition) is 1. The first kappa shape index (κ1) is 18.3. The molecule has 0 radical (unpaired) electrons. The van der Waals surface area contributed by atoms with Crippen LogP contribution in [0.1, 0.15) is 22.4 Å². The van der Waals surface area contributed by atoms with Crippen molar-refractivity contribution in [3.05, 3.63) is 64.9 Å². The number of nitrogens with one attached hydrogen (secondary N) is 1. The molecular weight excluding hydrogens is 380 g/mol. The molecule has 0 unspecified atom stereocenters. The Bertz CT molecular complexity index is 1020. The lowest BCUT2D eigenvalue weighted by atomic mass is 10.0. The van der Waals surface area contributed by atoms with Crippen molar-refractivity contribution >= 4 is 33.5 Å². The van der Waals surface area contributed by atoms with Gasteiger partial charge < -0.3 is 14.6 Å². The maximum Gasteiger partial charge on any atom is 0.140 e. The quantitative estimate of drug-likeness (QED) is 0.691. The van der Waals surface area contributed by atoms with E-state index in [0.717, 1.165) is 54.7 Å². The number of amidine groups is 1. The molecule has 5 nitrogen and oxygen atoms in total. The number of furan rings is 1. The van der Waals surface area contributed by atoms with Crippen molar-refractivity contribution in [3.8, 4) is 0 Å². The number of aliphatic imine (C=N–C) groups is 1. The SMILES string of the molecule is Cc1cc2c(s1)Nc1ccc#cc1N=C2N1CCN(C)[C@@H](CCc2ccoc2)C1. The van der Waals surface area contributed by atoms with Gasteiger partial charge in [-0.05, 0) is 62.7 Å². The highest BCUT2D eigenvalue weighted by atomic mass is 32.1. The summed E-state index contributed by atoms with van der Waals surface area (Å²) in [5.74, 6) is 1.05. The van der Waals surface area contributed by atoms with Crippen LogP contribution in [0.2, 0.25) is 0 Å². The van der Waals surface area contributed by atoms with Crippen molar-refractivity contribution < 1.29 is 4.42 Å². The molecule has 1 atom stereocenters. The number of hydrogen-bond acceptors (Lipinski definition) is 6. The summed E-state index contributed by atoms with van der Waals surface area (Å²) in [5.41, 5.74) is 4.28. The number of fused-ring (bicyclic) bond motifs is 2. The molecule has 1 N–H and O–H groups in total. The van der Waals surface area contributed by atoms with E-state index in [9.17, 15) is 0 Å². The Morgan fingerprint density at radius 3 is 3.14 bits per heavy atom. The van der Waals surface area contributed by atoms with Gasteiger partial charge in [0.2, 0.25) is 0 Å². The molecule has 148 valence electrons. The minimum atomic E-state index is 0.478. The average Bonchev–Trinajstić information content (AvgIpc) is 3.33. The Labute approximate surface area is 175 Å². The lowest BCUT2D eigenvalue weighted by molar-refractivity contribution is 0.134. The molecule has 2 aliphatic heterocycles. The molecule has 1 aromatic carbocycles. The highest BCUT2D eigenvalue weighted by Gasteiger charge is 2.30. The van der Waals surface area contributed by atoms with Crippen molar-refractivity contribution in [2.75, 3.05) is 32.0 Å². The van der Waals surface area contributed by atoms with E-state index in [0.29, 0.717) is 6.04 Å². The van der Waals surface area contributed by atoms with Gasteiger partial charge in [-0.2, -0.15) is 0 Å². The van der Waals surface area contributed by atoms with Crippen LogP contribution in [0.25, 0.3) is 0 Å². The van der Waals surface area contributed by atoms with Crippen molar-refractivity contribution in [1.29, 1.82) is 0 Å². The van der Waals surface area contributed by atoms with Crippen molar-refractivity contribution in [2.45, 2.75) is 25.8 Å². The molecular formula is C23H24N4OS. The highest BCUT2D eigenvalue weighted by Crippen LogP contribution is 2.38. The monoisotopic (exact) mass is 404 g/mol. The first-order valence-electron chi connectivity index (χ1n) is 10.0. The molecule has 4 heterocycles. The second-order valence-corrected chi connectivity index (χ2v) is 9.03. The third-order valence-electron chi connectivity index (χ3n) is 5.76. The van der Waals surface area contributed by atoms with Crippen LogP contribution in [0.3, 0.4) is 0 Å². The van der Waals surface area contributed by atoms with Gasteiger partial charge in [-0.1, -0.05) is 6.07 Å². The summed E-state index contributed by atoms with van der Waals surface area (Å²) in [4.78, 5) is 11.3. The lowest BCUT2D eigenvalue weighted by Gasteiger charge is -2.41. The fourth-order valence-corrected chi connectivity index (χ4v) is 5.01. The van der Waals surface area contributed by atoms with Crippen LogP contribution in [-0.2, 0) is 6.42 Å². The molecule has 0 saturated carbocycles. The van der Waals surface area contributed by atoms with E-state index < -0.39 is 0 Å². The summed E-state index contributed by atoms with van der Waals surface area (Å²) in [6, 6.07) is 14.9. The van der Waals surface area contributed by atoms with Gasteiger partial charge in [0.15, 0.2) is 0 Å². The smallest absolute Gasteiger partial charge is 0.140 e. The predicted octanol–water partition coefficient (Wildman–Crippen LogP) is 4.63. The maximum atomic E-state index is 5.23. The number of rotatable bonds is 3. The van der Waals surface area contributed by atoms with E-state index in [2.05, 4.69) is 53.4 Å². The zero-order chi connectivity index (χ0) is 19.8. The van der Waals surface area contributed by atoms with E-state index in [4.69, 9.17) is 9.41 Å². The fourth-order valence-electron chi connectivity index (χ4n) is 4.09. The summed E-state index contributed by atoms with van der Waals surface area (Å²) in [5, 5.41) is 4.72. The minimum Gasteiger partial charge on any atom is -0.472 e. The summed E-state index contributed by atoms with van der Waals surface area (Å²) in [6.45, 7) is 5.12. The summed E-state index contributed by atoms with van der Waals surface area (Å²) >= 11 is 1.78. The number of piperazine rings is 1. The number of thiophene rings is 1. The fraction of sp³-hybridized carbons (Fsp3) is 0.348. The third kappa shape index (κ3) is 3.64. The van der Waals surface area contributed by atoms with Gasteiger partial charge in [0.05, 0.1) is 23.8 Å². The molecule has 1 fully saturated rings. The second kappa shape index (κ2) is 7.58. The molecule has 2 aromatic heterocycles. The zero-order valence-electron chi connectivity index (χ0n) is 16.7. The molecule has 0 amide bonds. The Morgan fingerprint density at radius 1 is 1.34 bits per heavy atom. The molecule has 1 saturated heterocycles. The van der Waals surface area contributed by atoms with E-state index in [1.807, 2.05) is 18.4 Å². The van der Waals surface area contributed by atoms with Crippen LogP contribution in [-0.4, -0.2) is 48.4 Å². The van der Waals surface area contributed by atoms with E-state index in [1.165, 1.54) is 16.0 Å². The van der Waals surface area contributed by atoms with Gasteiger partial charge in [-0.25, -0.2) is 4.99 Å². The molecule has 29 heavy (non-hydrogen) atoms. The molecule has 0 aliphatic carbocycles. The Morgan fingerprint density at radius 2 is 2.28 bits per heavy atom. The number of aryl methyl sites for hydroxylation is 2. The van der Waals surface area contributed by atoms with Gasteiger partial charge in [0.1, 0.15) is 16.5 Å². The van der Waals surface area contributed by atoms with Crippen molar-refractivity contribution in [3.63, 3.8) is 0 Å². The van der Waals surface area contributed by atoms with Crippen LogP contribution < -0.4 is 5.32 Å². The number of anilines is 2. The highest BCUT2D eigenvalue weighted by molar-refractivity contribution is 7.16. The van der Waals surface area contributed by atoms with E-state index in [1.54, 1.807) is 17.6 Å². The standard InChI is InChI=1S/C23H24N4OS/c1-16-13-19-22(24-20-5-3-4-6-21(20)25-23(19)29-16)27-11-10-26(2)18(14-27)8-7-17-9-12-28-15-17/h4,6,9,12-13,15,18,25H,7-8,10-11,14H2,1-2H3/t18-/m0/s1. The molecule has 0 bridgehead atoms. The predicted molar refractivity (Wildman–Crippen MR) is 118 cm³/mol. The van der Waals surface area contributed by atoms with Crippen LogP contribution in [0, 0.1) is 19.1 Å². The van der Waals surface area contributed by atoms with Crippen molar-refractivity contribution in [1.82, 2.24) is 9.80 Å². The van der Waals surface area contributed by atoms with Gasteiger partial charge >= 0.3 is 0 Å². The van der Waals surface area contributed by atoms with Crippen LogP contribution >= 0.6 is 11.3 Å². The average molecular weight is 405 g/mol. The molecule has 3 aromatic rings. The van der Waals surface area contributed by atoms with Gasteiger partial charge in [0.25, 0.3) is 0 Å². The summed E-state index contributed by atoms with van der Waals surface area (Å²) in [7, 11) is 2.23. The summed E-state index contributed by atoms with van der Waals surface area (Å²) < 4.78 is 5.23. The number of likely N-dealkylation sites (N-methyl/N-ethyl adjacent to an activating group) is 1. The largest absolute Gasteiger partial charge is 0.472 e. The van der Waals surface area contributed by atoms with Gasteiger partial charge in [0, 0.05) is 30.6 Å². The molecule has 6 heteroatoms. The van der Waals surface area contributed by atoms with Crippen molar-refractivity contribution in [2.24, 2.45) is 4.99 Å². The van der Waals surface area contributed by atoms with Crippen LogP contribution in [0.5, 0.6) is 0 Å². The molecule has 2 aliphatic rings. The van der Waals surface area contributed by atoms with E-state index in [-0.39, 0.29) is 0 Å². The lowest BCUT2D eigenvalue weighted by Crippen LogP contribution is -2.53. The van der Waals surface area contributed by atoms with Crippen LogP contribution in [0.4, 0.5) is 16.4 Å². The second-order valence-electron chi connectivity index (χ2n) is 7.78. The third-order valence-corrected chi connectivity index (χ3v) is 6.73. The molecule has 0 spiro atoms. The Balaban J connectivity index is 1.44. The maximum absolute atomic E-state index is 5.23. The number of nitrogens with zero attached hydrogens (tertiary/aromatic N) is 3. The first-order valence-corrected chi connectivity index (χ1v) is 10.8. The Hall–Kier alpha value is -2.75. The Kier molecular flexibility index (Phi) is 4.78. The van der Waals surface area contributed by atoms with E-state index >= 15 is 0 Å². The zero-order valence-corrected chi connectivity index (χ0v) is 17.6. The normalized spacial score (nSPS) is 18.9.